The second-order valence-corrected chi connectivity index (χ2v) is 4.33. The number of carboxylic acid groups (broad SMARTS) is 1. The lowest BCUT2D eigenvalue weighted by atomic mass is 10.1. The molecule has 2 aromatic carbocycles. The summed E-state index contributed by atoms with van der Waals surface area (Å²) in [5, 5.41) is 12.1. The number of hydrogen-bond donors (Lipinski definition) is 3. The normalized spacial score (nSPS) is 10.0. The molecule has 0 unspecified atom stereocenters. The molecule has 0 saturated carbocycles. The molecule has 0 aliphatic heterocycles. The van der Waals surface area contributed by atoms with E-state index in [4.69, 9.17) is 20.3 Å². The van der Waals surface area contributed by atoms with Gasteiger partial charge >= 0.3 is 5.97 Å². The van der Waals surface area contributed by atoms with Gasteiger partial charge in [0.15, 0.2) is 0 Å². The number of ether oxygens (including phenoxy) is 2. The summed E-state index contributed by atoms with van der Waals surface area (Å²) in [7, 11) is 3.14. The number of anilines is 3. The van der Waals surface area contributed by atoms with E-state index in [0.717, 1.165) is 5.69 Å². The van der Waals surface area contributed by atoms with Crippen LogP contribution in [0.2, 0.25) is 0 Å². The maximum absolute atomic E-state index is 10.9. The van der Waals surface area contributed by atoms with Crippen LogP contribution in [-0.4, -0.2) is 25.3 Å². The van der Waals surface area contributed by atoms with Gasteiger partial charge in [0, 0.05) is 35.3 Å². The molecule has 0 aromatic heterocycles. The fourth-order valence-corrected chi connectivity index (χ4v) is 1.88. The molecule has 0 saturated heterocycles. The summed E-state index contributed by atoms with van der Waals surface area (Å²) in [6, 6.07) is 10.0. The first-order valence-electron chi connectivity index (χ1n) is 6.16. The fraction of sp³-hybridized carbons (Fsp3) is 0.133. The Hall–Kier alpha value is -2.89. The van der Waals surface area contributed by atoms with Crippen LogP contribution >= 0.6 is 0 Å². The van der Waals surface area contributed by atoms with Gasteiger partial charge in [-0.1, -0.05) is 0 Å². The minimum absolute atomic E-state index is 0.0729. The summed E-state index contributed by atoms with van der Waals surface area (Å²) in [6.45, 7) is 0. The van der Waals surface area contributed by atoms with Crippen molar-refractivity contribution in [2.75, 3.05) is 25.3 Å². The predicted molar refractivity (Wildman–Crippen MR) is 80.6 cm³/mol. The summed E-state index contributed by atoms with van der Waals surface area (Å²) in [5.41, 5.74) is 7.41. The highest BCUT2D eigenvalue weighted by molar-refractivity contribution is 5.94. The van der Waals surface area contributed by atoms with Gasteiger partial charge in [0.2, 0.25) is 0 Å². The van der Waals surface area contributed by atoms with Crippen LogP contribution in [0, 0.1) is 0 Å². The highest BCUT2D eigenvalue weighted by Gasteiger charge is 2.08. The minimum atomic E-state index is -1.05. The number of methoxy groups -OCH3 is 2. The minimum Gasteiger partial charge on any atom is -0.497 e. The summed E-state index contributed by atoms with van der Waals surface area (Å²) in [6.07, 6.45) is 0. The monoisotopic (exact) mass is 288 g/mol. The molecule has 6 heteroatoms. The number of nitrogen functional groups attached to an aromatic ring is 1. The van der Waals surface area contributed by atoms with Crippen LogP contribution in [0.4, 0.5) is 17.1 Å². The highest BCUT2D eigenvalue weighted by Crippen LogP contribution is 2.29. The van der Waals surface area contributed by atoms with E-state index >= 15 is 0 Å². The Morgan fingerprint density at radius 1 is 1.05 bits per heavy atom. The molecular weight excluding hydrogens is 272 g/mol. The average molecular weight is 288 g/mol. The van der Waals surface area contributed by atoms with E-state index in [9.17, 15) is 4.79 Å². The molecule has 0 fully saturated rings. The Balaban J connectivity index is 2.29. The molecule has 0 amide bonds. The summed E-state index contributed by atoms with van der Waals surface area (Å²) in [4.78, 5) is 10.9. The van der Waals surface area contributed by atoms with Crippen LogP contribution in [0.25, 0.3) is 0 Å². The van der Waals surface area contributed by atoms with E-state index in [2.05, 4.69) is 5.32 Å². The van der Waals surface area contributed by atoms with Gasteiger partial charge in [0.25, 0.3) is 0 Å². The van der Waals surface area contributed by atoms with Crippen LogP contribution < -0.4 is 20.5 Å². The number of carboxylic acids is 1. The Morgan fingerprint density at radius 2 is 1.67 bits per heavy atom. The number of nitrogens with one attached hydrogen (secondary N) is 1. The first-order valence-corrected chi connectivity index (χ1v) is 6.16. The molecule has 6 nitrogen and oxygen atoms in total. The van der Waals surface area contributed by atoms with Crippen LogP contribution in [0.3, 0.4) is 0 Å². The number of hydrogen-bond acceptors (Lipinski definition) is 5. The Bertz CT molecular complexity index is 648. The molecule has 110 valence electrons. The van der Waals surface area contributed by atoms with Crippen LogP contribution in [0.5, 0.6) is 11.5 Å². The summed E-state index contributed by atoms with van der Waals surface area (Å²) in [5.74, 6) is 0.237. The molecule has 0 bridgehead atoms. The average Bonchev–Trinajstić information content (AvgIpc) is 2.46. The van der Waals surface area contributed by atoms with Crippen molar-refractivity contribution in [2.45, 2.75) is 0 Å². The molecular formula is C15H16N2O4. The van der Waals surface area contributed by atoms with Crippen LogP contribution in [0.15, 0.2) is 36.4 Å². The zero-order chi connectivity index (χ0) is 15.4. The van der Waals surface area contributed by atoms with Gasteiger partial charge < -0.3 is 25.6 Å². The molecule has 2 rings (SSSR count). The van der Waals surface area contributed by atoms with Crippen LogP contribution in [-0.2, 0) is 0 Å². The van der Waals surface area contributed by atoms with E-state index in [0.29, 0.717) is 17.2 Å². The van der Waals surface area contributed by atoms with E-state index in [1.807, 2.05) is 0 Å². The molecule has 0 aliphatic carbocycles. The first-order chi connectivity index (χ1) is 10.0. The van der Waals surface area contributed by atoms with E-state index in [-0.39, 0.29) is 11.3 Å². The van der Waals surface area contributed by atoms with Gasteiger partial charge in [-0.25, -0.2) is 4.79 Å². The van der Waals surface area contributed by atoms with Crippen molar-refractivity contribution in [2.24, 2.45) is 0 Å². The van der Waals surface area contributed by atoms with E-state index in [1.54, 1.807) is 44.6 Å². The number of carbonyl (C=O) groups is 1. The Labute approximate surface area is 122 Å². The van der Waals surface area contributed by atoms with Crippen molar-refractivity contribution < 1.29 is 19.4 Å². The molecule has 0 atom stereocenters. The lowest BCUT2D eigenvalue weighted by Gasteiger charge is -2.11. The lowest BCUT2D eigenvalue weighted by molar-refractivity contribution is 0.0698. The Kier molecular flexibility index (Phi) is 4.18. The predicted octanol–water partition coefficient (Wildman–Crippen LogP) is 2.73. The second-order valence-electron chi connectivity index (χ2n) is 4.33. The van der Waals surface area contributed by atoms with Gasteiger partial charge in [-0.15, -0.1) is 0 Å². The largest absolute Gasteiger partial charge is 0.497 e. The molecule has 2 aromatic rings. The molecule has 21 heavy (non-hydrogen) atoms. The van der Waals surface area contributed by atoms with Crippen molar-refractivity contribution in [1.82, 2.24) is 0 Å². The molecule has 0 aliphatic rings. The van der Waals surface area contributed by atoms with Gasteiger partial charge in [0.05, 0.1) is 19.8 Å². The summed E-state index contributed by atoms with van der Waals surface area (Å²) >= 11 is 0. The molecule has 0 radical (unpaired) electrons. The molecule has 0 heterocycles. The number of nitrogens with two attached hydrogens (primary N) is 1. The van der Waals surface area contributed by atoms with Gasteiger partial charge in [-0.3, -0.25) is 0 Å². The van der Waals surface area contributed by atoms with Crippen molar-refractivity contribution in [3.05, 3.63) is 42.0 Å². The van der Waals surface area contributed by atoms with Crippen molar-refractivity contribution in [1.29, 1.82) is 0 Å². The maximum atomic E-state index is 10.9. The zero-order valence-electron chi connectivity index (χ0n) is 11.7. The van der Waals surface area contributed by atoms with Crippen molar-refractivity contribution >= 4 is 23.0 Å². The number of benzene rings is 2. The fourth-order valence-electron chi connectivity index (χ4n) is 1.88. The third-order valence-electron chi connectivity index (χ3n) is 2.92. The van der Waals surface area contributed by atoms with Gasteiger partial charge in [0.1, 0.15) is 11.5 Å². The number of rotatable bonds is 5. The second kappa shape index (κ2) is 6.04. The quantitative estimate of drug-likeness (QED) is 0.732. The SMILES string of the molecule is COc1cc(Nc2ccc(C(=O)O)c(N)c2)cc(OC)c1. The highest BCUT2D eigenvalue weighted by atomic mass is 16.5. The lowest BCUT2D eigenvalue weighted by Crippen LogP contribution is -2.03. The van der Waals surface area contributed by atoms with Crippen LogP contribution in [0.1, 0.15) is 10.4 Å². The summed E-state index contributed by atoms with van der Waals surface area (Å²) < 4.78 is 10.4. The maximum Gasteiger partial charge on any atom is 0.337 e. The van der Waals surface area contributed by atoms with Crippen molar-refractivity contribution in [3.63, 3.8) is 0 Å². The zero-order valence-corrected chi connectivity index (χ0v) is 11.7. The van der Waals surface area contributed by atoms with Gasteiger partial charge in [-0.05, 0) is 18.2 Å². The van der Waals surface area contributed by atoms with Gasteiger partial charge in [-0.2, -0.15) is 0 Å². The number of aromatic carboxylic acids is 1. The molecule has 0 spiro atoms. The third kappa shape index (κ3) is 3.36. The smallest absolute Gasteiger partial charge is 0.337 e. The Morgan fingerprint density at radius 3 is 2.14 bits per heavy atom. The van der Waals surface area contributed by atoms with E-state index in [1.165, 1.54) is 6.07 Å². The topological polar surface area (TPSA) is 93.8 Å². The third-order valence-corrected chi connectivity index (χ3v) is 2.92. The van der Waals surface area contributed by atoms with E-state index < -0.39 is 5.97 Å². The first kappa shape index (κ1) is 14.5. The molecule has 4 N–H and O–H groups in total. The standard InChI is InChI=1S/C15H16N2O4/c1-20-11-5-10(6-12(8-11)21-2)17-9-3-4-13(15(18)19)14(16)7-9/h3-8,17H,16H2,1-2H3,(H,18,19). The van der Waals surface area contributed by atoms with Crippen molar-refractivity contribution in [3.8, 4) is 11.5 Å².